The van der Waals surface area contributed by atoms with Gasteiger partial charge in [-0.2, -0.15) is 0 Å². The highest BCUT2D eigenvalue weighted by atomic mass is 32.2. The summed E-state index contributed by atoms with van der Waals surface area (Å²) in [5.74, 6) is 0. The Balaban J connectivity index is 2.14. The van der Waals surface area contributed by atoms with Crippen molar-refractivity contribution in [2.75, 3.05) is 0 Å². The Bertz CT molecular complexity index is 246. The van der Waals surface area contributed by atoms with Crippen LogP contribution in [0, 0.1) is 0 Å². The molecule has 2 nitrogen and oxygen atoms in total. The van der Waals surface area contributed by atoms with Gasteiger partial charge < -0.3 is 5.11 Å². The molecule has 0 saturated carbocycles. The Morgan fingerprint density at radius 3 is 2.50 bits per heavy atom. The first kappa shape index (κ1) is 10.4. The predicted molar refractivity (Wildman–Crippen MR) is 58.6 cm³/mol. The fourth-order valence-electron chi connectivity index (χ4n) is 2.81. The largest absolute Gasteiger partial charge is 0.389 e. The summed E-state index contributed by atoms with van der Waals surface area (Å²) in [5, 5.41) is 10.8. The zero-order valence-electron chi connectivity index (χ0n) is 8.45. The highest BCUT2D eigenvalue weighted by molar-refractivity contribution is 7.86. The van der Waals surface area contributed by atoms with Crippen LogP contribution in [-0.2, 0) is 10.8 Å². The van der Waals surface area contributed by atoms with E-state index >= 15 is 0 Å². The van der Waals surface area contributed by atoms with E-state index in [4.69, 9.17) is 0 Å². The van der Waals surface area contributed by atoms with E-state index in [0.29, 0.717) is 19.3 Å². The van der Waals surface area contributed by atoms with Gasteiger partial charge in [0, 0.05) is 21.3 Å². The van der Waals surface area contributed by atoms with Gasteiger partial charge in [-0.3, -0.25) is 4.21 Å². The van der Waals surface area contributed by atoms with Crippen molar-refractivity contribution in [1.29, 1.82) is 0 Å². The van der Waals surface area contributed by atoms with E-state index in [0.717, 1.165) is 12.8 Å². The molecule has 2 aliphatic rings. The molecule has 2 saturated heterocycles. The quantitative estimate of drug-likeness (QED) is 0.711. The minimum absolute atomic E-state index is 0.243. The van der Waals surface area contributed by atoms with E-state index in [2.05, 4.69) is 6.58 Å². The molecule has 2 atom stereocenters. The Morgan fingerprint density at radius 1 is 1.43 bits per heavy atom. The van der Waals surface area contributed by atoms with Crippen LogP contribution in [-0.4, -0.2) is 25.4 Å². The molecule has 2 aliphatic heterocycles. The minimum atomic E-state index is -0.680. The Hall–Kier alpha value is -0.150. The number of aliphatic hydroxyl groups is 1. The Kier molecular flexibility index (Phi) is 2.80. The van der Waals surface area contributed by atoms with E-state index < -0.39 is 16.4 Å². The van der Waals surface area contributed by atoms with Crippen molar-refractivity contribution in [2.24, 2.45) is 0 Å². The molecule has 2 heterocycles. The van der Waals surface area contributed by atoms with Crippen molar-refractivity contribution in [3.8, 4) is 0 Å². The SMILES string of the molecule is C=CCC1(O)CC2CCCC(C1)S2=O. The molecular formula is C11H18O2S. The van der Waals surface area contributed by atoms with Crippen molar-refractivity contribution in [1.82, 2.24) is 0 Å². The number of rotatable bonds is 2. The third-order valence-corrected chi connectivity index (χ3v) is 5.57. The molecule has 1 N–H and O–H groups in total. The van der Waals surface area contributed by atoms with Crippen molar-refractivity contribution in [3.05, 3.63) is 12.7 Å². The van der Waals surface area contributed by atoms with Gasteiger partial charge in [-0.15, -0.1) is 6.58 Å². The number of hydrogen-bond acceptors (Lipinski definition) is 2. The summed E-state index contributed by atoms with van der Waals surface area (Å²) in [6, 6.07) is 0. The fraction of sp³-hybridized carbons (Fsp3) is 0.818. The standard InChI is InChI=1S/C11H18O2S/c1-2-6-11(12)7-9-4-3-5-10(8-11)14(9)13/h2,9-10,12H,1,3-8H2. The van der Waals surface area contributed by atoms with Crippen molar-refractivity contribution in [2.45, 2.75) is 54.6 Å². The van der Waals surface area contributed by atoms with E-state index in [1.807, 2.05) is 0 Å². The minimum Gasteiger partial charge on any atom is -0.389 e. The molecule has 2 rings (SSSR count). The average Bonchev–Trinajstić information content (AvgIpc) is 2.08. The van der Waals surface area contributed by atoms with E-state index in [-0.39, 0.29) is 10.5 Å². The van der Waals surface area contributed by atoms with Gasteiger partial charge in [-0.1, -0.05) is 12.5 Å². The first-order chi connectivity index (χ1) is 6.64. The Morgan fingerprint density at radius 2 is 2.00 bits per heavy atom. The van der Waals surface area contributed by atoms with Gasteiger partial charge in [0.25, 0.3) is 0 Å². The highest BCUT2D eigenvalue weighted by Gasteiger charge is 2.44. The molecule has 0 aromatic carbocycles. The van der Waals surface area contributed by atoms with Gasteiger partial charge in [0.1, 0.15) is 0 Å². The fourth-order valence-corrected chi connectivity index (χ4v) is 5.10. The number of fused-ring (bicyclic) bond motifs is 2. The van der Waals surface area contributed by atoms with E-state index in [1.54, 1.807) is 6.08 Å². The Labute approximate surface area is 87.9 Å². The van der Waals surface area contributed by atoms with Crippen LogP contribution in [0.15, 0.2) is 12.7 Å². The second-order valence-electron chi connectivity index (χ2n) is 4.63. The summed E-state index contributed by atoms with van der Waals surface area (Å²) in [7, 11) is -0.680. The lowest BCUT2D eigenvalue weighted by Crippen LogP contribution is -2.48. The van der Waals surface area contributed by atoms with Crippen LogP contribution in [0.1, 0.15) is 38.5 Å². The van der Waals surface area contributed by atoms with Gasteiger partial charge >= 0.3 is 0 Å². The molecule has 0 amide bonds. The molecule has 14 heavy (non-hydrogen) atoms. The second kappa shape index (κ2) is 3.78. The summed E-state index contributed by atoms with van der Waals surface area (Å²) in [4.78, 5) is 0. The van der Waals surface area contributed by atoms with Crippen LogP contribution >= 0.6 is 0 Å². The average molecular weight is 214 g/mol. The third-order valence-electron chi connectivity index (χ3n) is 3.45. The summed E-state index contributed by atoms with van der Waals surface area (Å²) in [5.41, 5.74) is -0.606. The van der Waals surface area contributed by atoms with E-state index in [9.17, 15) is 9.32 Å². The molecule has 0 aliphatic carbocycles. The second-order valence-corrected chi connectivity index (χ2v) is 6.62. The van der Waals surface area contributed by atoms with Crippen molar-refractivity contribution in [3.63, 3.8) is 0 Å². The molecule has 0 spiro atoms. The summed E-state index contributed by atoms with van der Waals surface area (Å²) >= 11 is 0. The van der Waals surface area contributed by atoms with Crippen LogP contribution in [0.25, 0.3) is 0 Å². The normalized spacial score (nSPS) is 47.4. The van der Waals surface area contributed by atoms with Crippen LogP contribution in [0.4, 0.5) is 0 Å². The maximum atomic E-state index is 11.9. The molecule has 0 aromatic heterocycles. The summed E-state index contributed by atoms with van der Waals surface area (Å²) in [6.07, 6.45) is 7.10. The van der Waals surface area contributed by atoms with Gasteiger partial charge in [-0.05, 0) is 32.1 Å². The molecule has 2 fully saturated rings. The monoisotopic (exact) mass is 214 g/mol. The molecule has 2 bridgehead atoms. The van der Waals surface area contributed by atoms with Crippen molar-refractivity contribution < 1.29 is 9.32 Å². The van der Waals surface area contributed by atoms with Crippen LogP contribution < -0.4 is 0 Å². The van der Waals surface area contributed by atoms with Gasteiger partial charge in [0.2, 0.25) is 0 Å². The van der Waals surface area contributed by atoms with Crippen LogP contribution in [0.3, 0.4) is 0 Å². The first-order valence-corrected chi connectivity index (χ1v) is 6.65. The van der Waals surface area contributed by atoms with Crippen molar-refractivity contribution >= 4 is 10.8 Å². The van der Waals surface area contributed by atoms with Gasteiger partial charge in [-0.25, -0.2) is 0 Å². The number of hydrogen-bond donors (Lipinski definition) is 1. The molecule has 0 aromatic rings. The molecule has 0 radical (unpaired) electrons. The van der Waals surface area contributed by atoms with Crippen LogP contribution in [0.2, 0.25) is 0 Å². The van der Waals surface area contributed by atoms with Gasteiger partial charge in [0.15, 0.2) is 0 Å². The lowest BCUT2D eigenvalue weighted by Gasteiger charge is -2.43. The predicted octanol–water partition coefficient (Wildman–Crippen LogP) is 1.76. The van der Waals surface area contributed by atoms with E-state index in [1.165, 1.54) is 6.42 Å². The first-order valence-electron chi connectivity index (χ1n) is 5.37. The maximum absolute atomic E-state index is 11.9. The lowest BCUT2D eigenvalue weighted by atomic mass is 9.83. The zero-order valence-corrected chi connectivity index (χ0v) is 9.26. The highest BCUT2D eigenvalue weighted by Crippen LogP contribution is 2.40. The molecular weight excluding hydrogens is 196 g/mol. The smallest absolute Gasteiger partial charge is 0.0704 e. The third kappa shape index (κ3) is 1.80. The zero-order chi connectivity index (χ0) is 10.2. The lowest BCUT2D eigenvalue weighted by molar-refractivity contribution is 0.0140. The molecule has 2 unspecified atom stereocenters. The molecule has 80 valence electrons. The van der Waals surface area contributed by atoms with Gasteiger partial charge in [0.05, 0.1) is 5.60 Å². The maximum Gasteiger partial charge on any atom is 0.0704 e. The van der Waals surface area contributed by atoms with Crippen LogP contribution in [0.5, 0.6) is 0 Å². The topological polar surface area (TPSA) is 37.3 Å². The summed E-state index contributed by atoms with van der Waals surface area (Å²) < 4.78 is 11.9. The summed E-state index contributed by atoms with van der Waals surface area (Å²) in [6.45, 7) is 3.68. The molecule has 3 heteroatoms.